The third-order valence-electron chi connectivity index (χ3n) is 4.23. The highest BCUT2D eigenvalue weighted by molar-refractivity contribution is 9.10. The van der Waals surface area contributed by atoms with E-state index in [1.165, 1.54) is 28.6 Å². The summed E-state index contributed by atoms with van der Waals surface area (Å²) in [5.74, 6) is 0. The van der Waals surface area contributed by atoms with E-state index in [2.05, 4.69) is 59.8 Å². The second-order valence-corrected chi connectivity index (χ2v) is 7.08. The van der Waals surface area contributed by atoms with Crippen LogP contribution in [-0.4, -0.2) is 18.1 Å². The summed E-state index contributed by atoms with van der Waals surface area (Å²) in [4.78, 5) is 2.51. The zero-order valence-electron chi connectivity index (χ0n) is 12.2. The Morgan fingerprint density at radius 3 is 2.68 bits per heavy atom. The lowest BCUT2D eigenvalue weighted by molar-refractivity contribution is 0.517. The molecule has 0 saturated carbocycles. The van der Waals surface area contributed by atoms with Crippen LogP contribution in [0.5, 0.6) is 0 Å². The third kappa shape index (κ3) is 3.32. The van der Waals surface area contributed by atoms with Crippen LogP contribution in [0.3, 0.4) is 0 Å². The van der Waals surface area contributed by atoms with Crippen LogP contribution in [0.1, 0.15) is 45.6 Å². The minimum absolute atomic E-state index is 0.265. The predicted molar refractivity (Wildman–Crippen MR) is 86.8 cm³/mol. The van der Waals surface area contributed by atoms with Gasteiger partial charge >= 0.3 is 0 Å². The summed E-state index contributed by atoms with van der Waals surface area (Å²) in [5.41, 5.74) is 8.94. The molecule has 1 unspecified atom stereocenters. The molecule has 0 aliphatic carbocycles. The van der Waals surface area contributed by atoms with Crippen molar-refractivity contribution < 1.29 is 0 Å². The Morgan fingerprint density at radius 2 is 2.16 bits per heavy atom. The molecule has 2 N–H and O–H groups in total. The largest absolute Gasteiger partial charge is 0.366 e. The molecule has 0 aromatic heterocycles. The molecular formula is C16H25BrN2. The van der Waals surface area contributed by atoms with Crippen LogP contribution in [0, 0.1) is 0 Å². The van der Waals surface area contributed by atoms with Crippen molar-refractivity contribution in [1.82, 2.24) is 0 Å². The second-order valence-electron chi connectivity index (χ2n) is 6.23. The first-order valence-electron chi connectivity index (χ1n) is 7.25. The SMILES string of the molecule is CCC(N)Cc1ccc(N2CCCC2(C)C)c(Br)c1. The lowest BCUT2D eigenvalue weighted by Crippen LogP contribution is -2.38. The maximum Gasteiger partial charge on any atom is 0.0515 e. The topological polar surface area (TPSA) is 29.3 Å². The molecule has 1 saturated heterocycles. The Hall–Kier alpha value is -0.540. The summed E-state index contributed by atoms with van der Waals surface area (Å²) >= 11 is 3.74. The number of nitrogens with two attached hydrogens (primary N) is 1. The Bertz CT molecular complexity index is 442. The highest BCUT2D eigenvalue weighted by Crippen LogP contribution is 2.38. The minimum atomic E-state index is 0.265. The van der Waals surface area contributed by atoms with E-state index in [-0.39, 0.29) is 11.6 Å². The number of hydrogen-bond acceptors (Lipinski definition) is 2. The van der Waals surface area contributed by atoms with E-state index in [9.17, 15) is 0 Å². The van der Waals surface area contributed by atoms with Gasteiger partial charge in [0.05, 0.1) is 5.69 Å². The molecular weight excluding hydrogens is 300 g/mol. The quantitative estimate of drug-likeness (QED) is 0.903. The van der Waals surface area contributed by atoms with Gasteiger partial charge in [-0.2, -0.15) is 0 Å². The van der Waals surface area contributed by atoms with Crippen molar-refractivity contribution in [3.8, 4) is 0 Å². The molecule has 0 bridgehead atoms. The lowest BCUT2D eigenvalue weighted by Gasteiger charge is -2.34. The van der Waals surface area contributed by atoms with Crippen LogP contribution in [0.4, 0.5) is 5.69 Å². The van der Waals surface area contributed by atoms with Crippen molar-refractivity contribution in [3.05, 3.63) is 28.2 Å². The first-order chi connectivity index (χ1) is 8.94. The van der Waals surface area contributed by atoms with Gasteiger partial charge < -0.3 is 10.6 Å². The highest BCUT2D eigenvalue weighted by atomic mass is 79.9. The molecule has 2 rings (SSSR count). The number of nitrogens with zero attached hydrogens (tertiary/aromatic N) is 1. The van der Waals surface area contributed by atoms with Crippen molar-refractivity contribution in [2.75, 3.05) is 11.4 Å². The molecule has 1 aromatic rings. The van der Waals surface area contributed by atoms with E-state index in [0.717, 1.165) is 19.4 Å². The average molecular weight is 325 g/mol. The van der Waals surface area contributed by atoms with Gasteiger partial charge in [0.1, 0.15) is 0 Å². The van der Waals surface area contributed by atoms with Gasteiger partial charge in [-0.3, -0.25) is 0 Å². The van der Waals surface area contributed by atoms with Crippen molar-refractivity contribution in [3.63, 3.8) is 0 Å². The van der Waals surface area contributed by atoms with Crippen LogP contribution in [-0.2, 0) is 6.42 Å². The molecule has 19 heavy (non-hydrogen) atoms. The molecule has 1 aliphatic rings. The van der Waals surface area contributed by atoms with E-state index in [4.69, 9.17) is 5.73 Å². The monoisotopic (exact) mass is 324 g/mol. The molecule has 3 heteroatoms. The Labute approximate surface area is 125 Å². The molecule has 1 fully saturated rings. The first-order valence-corrected chi connectivity index (χ1v) is 8.05. The number of anilines is 1. The van der Waals surface area contributed by atoms with Crippen molar-refractivity contribution in [2.24, 2.45) is 5.73 Å². The molecule has 106 valence electrons. The number of benzene rings is 1. The van der Waals surface area contributed by atoms with Gasteiger partial charge in [-0.1, -0.05) is 13.0 Å². The fourth-order valence-corrected chi connectivity index (χ4v) is 3.54. The van der Waals surface area contributed by atoms with Gasteiger partial charge in [0, 0.05) is 22.6 Å². The van der Waals surface area contributed by atoms with Crippen LogP contribution < -0.4 is 10.6 Å². The summed E-state index contributed by atoms with van der Waals surface area (Å²) in [6.45, 7) is 7.95. The number of rotatable bonds is 4. The van der Waals surface area contributed by atoms with Crippen molar-refractivity contribution in [2.45, 2.75) is 58.0 Å². The molecule has 1 aliphatic heterocycles. The van der Waals surface area contributed by atoms with Gasteiger partial charge in [-0.05, 0) is 73.2 Å². The van der Waals surface area contributed by atoms with E-state index < -0.39 is 0 Å². The fourth-order valence-electron chi connectivity index (χ4n) is 2.90. The predicted octanol–water partition coefficient (Wildman–Crippen LogP) is 4.11. The maximum absolute atomic E-state index is 6.03. The summed E-state index contributed by atoms with van der Waals surface area (Å²) < 4.78 is 1.20. The average Bonchev–Trinajstić information content (AvgIpc) is 2.69. The molecule has 1 heterocycles. The lowest BCUT2D eigenvalue weighted by atomic mass is 10.0. The maximum atomic E-state index is 6.03. The number of hydrogen-bond donors (Lipinski definition) is 1. The first kappa shape index (κ1) is 14.9. The Kier molecular flexibility index (Phi) is 4.57. The third-order valence-corrected chi connectivity index (χ3v) is 4.86. The summed E-state index contributed by atoms with van der Waals surface area (Å²) in [6.07, 6.45) is 4.53. The van der Waals surface area contributed by atoms with Crippen LogP contribution >= 0.6 is 15.9 Å². The van der Waals surface area contributed by atoms with Crippen molar-refractivity contribution in [1.29, 1.82) is 0 Å². The van der Waals surface area contributed by atoms with Gasteiger partial charge in [0.25, 0.3) is 0 Å². The molecule has 1 atom stereocenters. The molecule has 2 nitrogen and oxygen atoms in total. The summed E-state index contributed by atoms with van der Waals surface area (Å²) in [5, 5.41) is 0. The second kappa shape index (κ2) is 5.84. The molecule has 0 radical (unpaired) electrons. The van der Waals surface area contributed by atoms with E-state index in [1.54, 1.807) is 0 Å². The number of halogens is 1. The van der Waals surface area contributed by atoms with Gasteiger partial charge in [0.2, 0.25) is 0 Å². The summed E-state index contributed by atoms with van der Waals surface area (Å²) in [6, 6.07) is 6.97. The standard InChI is InChI=1S/C16H25BrN2/c1-4-13(18)10-12-6-7-15(14(17)11-12)19-9-5-8-16(19,2)3/h6-7,11,13H,4-5,8-10,18H2,1-3H3. The van der Waals surface area contributed by atoms with Crippen LogP contribution in [0.2, 0.25) is 0 Å². The Balaban J connectivity index is 2.20. The summed E-state index contributed by atoms with van der Waals surface area (Å²) in [7, 11) is 0. The fraction of sp³-hybridized carbons (Fsp3) is 0.625. The minimum Gasteiger partial charge on any atom is -0.366 e. The molecule has 0 spiro atoms. The van der Waals surface area contributed by atoms with Crippen LogP contribution in [0.25, 0.3) is 0 Å². The van der Waals surface area contributed by atoms with E-state index in [1.807, 2.05) is 0 Å². The molecule has 1 aromatic carbocycles. The molecule has 0 amide bonds. The zero-order valence-corrected chi connectivity index (χ0v) is 13.8. The van der Waals surface area contributed by atoms with Gasteiger partial charge in [0.15, 0.2) is 0 Å². The van der Waals surface area contributed by atoms with E-state index in [0.29, 0.717) is 0 Å². The van der Waals surface area contributed by atoms with Gasteiger partial charge in [-0.15, -0.1) is 0 Å². The van der Waals surface area contributed by atoms with Gasteiger partial charge in [-0.25, -0.2) is 0 Å². The van der Waals surface area contributed by atoms with Crippen LogP contribution in [0.15, 0.2) is 22.7 Å². The smallest absolute Gasteiger partial charge is 0.0515 e. The normalized spacial score (nSPS) is 19.7. The van der Waals surface area contributed by atoms with Crippen molar-refractivity contribution >= 4 is 21.6 Å². The van der Waals surface area contributed by atoms with E-state index >= 15 is 0 Å². The Morgan fingerprint density at radius 1 is 1.42 bits per heavy atom. The zero-order chi connectivity index (χ0) is 14.0. The highest BCUT2D eigenvalue weighted by Gasteiger charge is 2.32.